The van der Waals surface area contributed by atoms with Crippen LogP contribution in [0.2, 0.25) is 10.0 Å². The maximum atomic E-state index is 11.8. The van der Waals surface area contributed by atoms with Crippen molar-refractivity contribution < 1.29 is 14.7 Å². The first-order valence-electron chi connectivity index (χ1n) is 5.57. The fraction of sp³-hybridized carbons (Fsp3) is 0.154. The van der Waals surface area contributed by atoms with Gasteiger partial charge in [-0.15, -0.1) is 0 Å². The highest BCUT2D eigenvalue weighted by Gasteiger charge is 2.19. The van der Waals surface area contributed by atoms with Gasteiger partial charge >= 0.3 is 5.97 Å². The number of Topliss-reactive ketones (excluding diaryl/α,β-unsaturated/α-hetero) is 1. The SMILES string of the molecule is CC(=O)Cn1c(=O)ccc2c(Cl)c(C(=O)O)c(Cl)cc21. The van der Waals surface area contributed by atoms with E-state index < -0.39 is 5.97 Å². The van der Waals surface area contributed by atoms with Crippen LogP contribution in [0.3, 0.4) is 0 Å². The number of rotatable bonds is 3. The zero-order chi connectivity index (χ0) is 15.0. The molecule has 0 spiro atoms. The molecule has 2 aromatic rings. The van der Waals surface area contributed by atoms with Crippen LogP contribution in [0.4, 0.5) is 0 Å². The van der Waals surface area contributed by atoms with Crippen molar-refractivity contribution in [2.45, 2.75) is 13.5 Å². The smallest absolute Gasteiger partial charge is 0.338 e. The van der Waals surface area contributed by atoms with Crippen molar-refractivity contribution in [1.29, 1.82) is 0 Å². The topological polar surface area (TPSA) is 76.4 Å². The average molecular weight is 314 g/mol. The van der Waals surface area contributed by atoms with Crippen molar-refractivity contribution in [3.8, 4) is 0 Å². The van der Waals surface area contributed by atoms with E-state index in [-0.39, 0.29) is 33.5 Å². The molecule has 0 bridgehead atoms. The quantitative estimate of drug-likeness (QED) is 0.945. The Hall–Kier alpha value is -1.85. The molecule has 0 saturated carbocycles. The van der Waals surface area contributed by atoms with Crippen molar-refractivity contribution in [3.05, 3.63) is 44.2 Å². The number of carboxylic acid groups (broad SMARTS) is 1. The second-order valence-corrected chi connectivity index (χ2v) is 5.03. The van der Waals surface area contributed by atoms with Crippen molar-refractivity contribution in [3.63, 3.8) is 0 Å². The molecule has 0 aliphatic heterocycles. The number of halogens is 2. The summed E-state index contributed by atoms with van der Waals surface area (Å²) in [6.45, 7) is 1.22. The van der Waals surface area contributed by atoms with E-state index >= 15 is 0 Å². The van der Waals surface area contributed by atoms with E-state index in [1.54, 1.807) is 0 Å². The average Bonchev–Trinajstić information content (AvgIpc) is 2.32. The predicted octanol–water partition coefficient (Wildman–Crippen LogP) is 2.60. The summed E-state index contributed by atoms with van der Waals surface area (Å²) in [7, 11) is 0. The molecule has 0 radical (unpaired) electrons. The number of hydrogen-bond donors (Lipinski definition) is 1. The Morgan fingerprint density at radius 3 is 2.50 bits per heavy atom. The Morgan fingerprint density at radius 1 is 1.30 bits per heavy atom. The fourth-order valence-corrected chi connectivity index (χ4v) is 2.62. The van der Waals surface area contributed by atoms with Gasteiger partial charge in [0.15, 0.2) is 0 Å². The van der Waals surface area contributed by atoms with Gasteiger partial charge in [0.1, 0.15) is 5.78 Å². The van der Waals surface area contributed by atoms with Gasteiger partial charge in [-0.1, -0.05) is 23.2 Å². The summed E-state index contributed by atoms with van der Waals surface area (Å²) in [5.74, 6) is -1.47. The van der Waals surface area contributed by atoms with Crippen LogP contribution < -0.4 is 5.56 Å². The van der Waals surface area contributed by atoms with E-state index in [9.17, 15) is 14.4 Å². The van der Waals surface area contributed by atoms with Crippen molar-refractivity contribution in [2.24, 2.45) is 0 Å². The van der Waals surface area contributed by atoms with Crippen LogP contribution >= 0.6 is 23.2 Å². The summed E-state index contributed by atoms with van der Waals surface area (Å²) in [5.41, 5.74) is -0.288. The van der Waals surface area contributed by atoms with Crippen LogP contribution in [0, 0.1) is 0 Å². The van der Waals surface area contributed by atoms with Crippen LogP contribution in [-0.4, -0.2) is 21.4 Å². The number of aromatic carboxylic acids is 1. The molecule has 0 atom stereocenters. The Kier molecular flexibility index (Phi) is 3.83. The largest absolute Gasteiger partial charge is 0.478 e. The first kappa shape index (κ1) is 14.6. The Balaban J connectivity index is 2.90. The van der Waals surface area contributed by atoms with Crippen molar-refractivity contribution >= 4 is 45.9 Å². The van der Waals surface area contributed by atoms with Crippen LogP contribution in [0.25, 0.3) is 10.9 Å². The summed E-state index contributed by atoms with van der Waals surface area (Å²) < 4.78 is 1.21. The summed E-state index contributed by atoms with van der Waals surface area (Å²) in [6.07, 6.45) is 0. The second kappa shape index (κ2) is 5.26. The van der Waals surface area contributed by atoms with Crippen molar-refractivity contribution in [1.82, 2.24) is 4.57 Å². The summed E-state index contributed by atoms with van der Waals surface area (Å²) in [5, 5.41) is 9.30. The standard InChI is InChI=1S/C13H9Cl2NO4/c1-6(17)5-16-9-4-8(14)11(13(19)20)12(15)7(9)2-3-10(16)18/h2-4H,5H2,1H3,(H,19,20). The molecule has 1 heterocycles. The van der Waals surface area contributed by atoms with Gasteiger partial charge < -0.3 is 9.67 Å². The molecule has 0 amide bonds. The van der Waals surface area contributed by atoms with Gasteiger partial charge in [-0.3, -0.25) is 9.59 Å². The number of nitrogens with zero attached hydrogens (tertiary/aromatic N) is 1. The molecule has 7 heteroatoms. The minimum Gasteiger partial charge on any atom is -0.478 e. The van der Waals surface area contributed by atoms with Crippen LogP contribution in [-0.2, 0) is 11.3 Å². The first-order valence-corrected chi connectivity index (χ1v) is 6.32. The Labute approximate surface area is 123 Å². The van der Waals surface area contributed by atoms with E-state index in [1.165, 1.54) is 29.7 Å². The molecular formula is C13H9Cl2NO4. The number of hydrogen-bond acceptors (Lipinski definition) is 3. The maximum Gasteiger partial charge on any atom is 0.338 e. The number of benzene rings is 1. The normalized spacial score (nSPS) is 10.8. The number of pyridine rings is 1. The molecule has 2 rings (SSSR count). The van der Waals surface area contributed by atoms with Gasteiger partial charge in [0.25, 0.3) is 5.56 Å². The number of fused-ring (bicyclic) bond motifs is 1. The highest BCUT2D eigenvalue weighted by Crippen LogP contribution is 2.32. The molecule has 5 nitrogen and oxygen atoms in total. The summed E-state index contributed by atoms with van der Waals surface area (Å²) >= 11 is 11.9. The lowest BCUT2D eigenvalue weighted by molar-refractivity contribution is -0.117. The number of carbonyl (C=O) groups excluding carboxylic acids is 1. The highest BCUT2D eigenvalue weighted by atomic mass is 35.5. The van der Waals surface area contributed by atoms with Crippen LogP contribution in [0.15, 0.2) is 23.0 Å². The molecule has 104 valence electrons. The van der Waals surface area contributed by atoms with E-state index in [2.05, 4.69) is 0 Å². The molecule has 0 aliphatic carbocycles. The lowest BCUT2D eigenvalue weighted by Gasteiger charge is -2.12. The third kappa shape index (κ3) is 2.42. The third-order valence-corrected chi connectivity index (χ3v) is 3.47. The lowest BCUT2D eigenvalue weighted by Crippen LogP contribution is -2.22. The number of carboxylic acids is 1. The van der Waals surface area contributed by atoms with E-state index in [0.717, 1.165) is 0 Å². The zero-order valence-corrected chi connectivity index (χ0v) is 11.8. The minimum absolute atomic E-state index is 0.0581. The van der Waals surface area contributed by atoms with Gasteiger partial charge in [0, 0.05) is 11.5 Å². The molecule has 0 unspecified atom stereocenters. The summed E-state index contributed by atoms with van der Waals surface area (Å²) in [4.78, 5) is 34.2. The fourth-order valence-electron chi connectivity index (χ4n) is 1.95. The highest BCUT2D eigenvalue weighted by molar-refractivity contribution is 6.42. The van der Waals surface area contributed by atoms with E-state index in [4.69, 9.17) is 28.3 Å². The first-order chi connectivity index (χ1) is 9.32. The van der Waals surface area contributed by atoms with Gasteiger partial charge in [0.05, 0.1) is 27.7 Å². The van der Waals surface area contributed by atoms with E-state index in [1.807, 2.05) is 0 Å². The Bertz CT molecular complexity index is 795. The zero-order valence-electron chi connectivity index (χ0n) is 10.3. The maximum absolute atomic E-state index is 11.8. The van der Waals surface area contributed by atoms with Crippen LogP contribution in [0.1, 0.15) is 17.3 Å². The van der Waals surface area contributed by atoms with Gasteiger partial charge in [-0.2, -0.15) is 0 Å². The molecule has 1 aromatic heterocycles. The molecular weight excluding hydrogens is 305 g/mol. The van der Waals surface area contributed by atoms with E-state index in [0.29, 0.717) is 10.9 Å². The second-order valence-electron chi connectivity index (χ2n) is 4.25. The molecule has 1 aromatic carbocycles. The molecule has 1 N–H and O–H groups in total. The molecule has 0 saturated heterocycles. The lowest BCUT2D eigenvalue weighted by atomic mass is 10.1. The van der Waals surface area contributed by atoms with Gasteiger partial charge in [-0.05, 0) is 19.1 Å². The Morgan fingerprint density at radius 2 is 1.95 bits per heavy atom. The number of carbonyl (C=O) groups is 2. The van der Waals surface area contributed by atoms with Crippen LogP contribution in [0.5, 0.6) is 0 Å². The third-order valence-electron chi connectivity index (χ3n) is 2.78. The minimum atomic E-state index is -1.26. The molecule has 20 heavy (non-hydrogen) atoms. The number of aromatic nitrogens is 1. The predicted molar refractivity (Wildman–Crippen MR) is 75.9 cm³/mol. The van der Waals surface area contributed by atoms with Crippen molar-refractivity contribution in [2.75, 3.05) is 0 Å². The molecule has 0 aliphatic rings. The van der Waals surface area contributed by atoms with Gasteiger partial charge in [0.2, 0.25) is 0 Å². The number of ketones is 1. The van der Waals surface area contributed by atoms with Gasteiger partial charge in [-0.25, -0.2) is 4.79 Å². The summed E-state index contributed by atoms with van der Waals surface area (Å²) in [6, 6.07) is 3.98. The monoisotopic (exact) mass is 313 g/mol. The molecule has 0 fully saturated rings.